The first kappa shape index (κ1) is 12.4. The highest BCUT2D eigenvalue weighted by Crippen LogP contribution is 2.53. The van der Waals surface area contributed by atoms with E-state index in [1.807, 2.05) is 6.08 Å². The van der Waals surface area contributed by atoms with Gasteiger partial charge < -0.3 is 5.11 Å². The molecule has 0 amide bonds. The first-order valence-electron chi connectivity index (χ1n) is 6.53. The molecule has 3 atom stereocenters. The van der Waals surface area contributed by atoms with E-state index in [4.69, 9.17) is 0 Å². The summed E-state index contributed by atoms with van der Waals surface area (Å²) >= 11 is 0. The Balaban J connectivity index is 2.27. The van der Waals surface area contributed by atoms with E-state index in [9.17, 15) is 9.90 Å². The third-order valence-corrected chi connectivity index (χ3v) is 4.82. The Hall–Kier alpha value is -1.05. The fourth-order valence-electron chi connectivity index (χ4n) is 3.55. The first-order valence-corrected chi connectivity index (χ1v) is 6.53. The van der Waals surface area contributed by atoms with Gasteiger partial charge in [-0.15, -0.1) is 0 Å². The lowest BCUT2D eigenvalue weighted by Crippen LogP contribution is -2.39. The number of carboxylic acids is 1. The molecule has 0 heterocycles. The van der Waals surface area contributed by atoms with E-state index >= 15 is 0 Å². The number of fused-ring (bicyclic) bond motifs is 1. The molecule has 94 valence electrons. The number of hydrogen-bond donors (Lipinski definition) is 1. The number of rotatable bonds is 2. The Kier molecular flexibility index (Phi) is 3.15. The van der Waals surface area contributed by atoms with Crippen LogP contribution < -0.4 is 0 Å². The van der Waals surface area contributed by atoms with Crippen LogP contribution >= 0.6 is 0 Å². The zero-order chi connectivity index (χ0) is 12.6. The molecule has 0 saturated heterocycles. The second-order valence-electron chi connectivity index (χ2n) is 6.03. The summed E-state index contributed by atoms with van der Waals surface area (Å²) < 4.78 is 0. The molecule has 2 rings (SSSR count). The molecule has 0 spiro atoms. The summed E-state index contributed by atoms with van der Waals surface area (Å²) in [7, 11) is 0. The van der Waals surface area contributed by atoms with E-state index in [0.29, 0.717) is 11.5 Å². The first-order chi connectivity index (χ1) is 7.94. The van der Waals surface area contributed by atoms with Gasteiger partial charge in [-0.3, -0.25) is 0 Å². The molecule has 0 aromatic carbocycles. The number of carboxylic acid groups (broad SMARTS) is 1. The van der Waals surface area contributed by atoms with Gasteiger partial charge in [0.25, 0.3) is 0 Å². The van der Waals surface area contributed by atoms with E-state index in [1.54, 1.807) is 0 Å². The number of carbonyl (C=O) groups is 1. The van der Waals surface area contributed by atoms with E-state index in [-0.39, 0.29) is 11.3 Å². The van der Waals surface area contributed by atoms with Crippen molar-refractivity contribution in [1.29, 1.82) is 0 Å². The zero-order valence-electron chi connectivity index (χ0n) is 10.8. The third kappa shape index (κ3) is 2.18. The van der Waals surface area contributed by atoms with Crippen LogP contribution in [0.15, 0.2) is 23.8 Å². The minimum atomic E-state index is -0.719. The van der Waals surface area contributed by atoms with Crippen LogP contribution in [0.4, 0.5) is 0 Å². The molecule has 1 fully saturated rings. The van der Waals surface area contributed by atoms with Crippen molar-refractivity contribution in [3.8, 4) is 0 Å². The summed E-state index contributed by atoms with van der Waals surface area (Å²) in [5, 5.41) is 9.33. The highest BCUT2D eigenvalue weighted by Gasteiger charge is 2.44. The van der Waals surface area contributed by atoms with Gasteiger partial charge in [0.05, 0.1) is 0 Å². The molecule has 0 radical (unpaired) electrons. The lowest BCUT2D eigenvalue weighted by Gasteiger charge is -2.47. The number of aliphatic carboxylic acids is 1. The van der Waals surface area contributed by atoms with Crippen LogP contribution in [0.25, 0.3) is 0 Å². The smallest absolute Gasteiger partial charge is 0.331 e. The van der Waals surface area contributed by atoms with Crippen molar-refractivity contribution in [2.45, 2.75) is 46.0 Å². The standard InChI is InChI=1S/C15H22O2/c1-10(2)11-6-8-15(3)7-4-5-12(14(16)17)13(15)9-11/h5,11,13H,1,4,6-9H2,2-3H3,(H,16,17)/t11-,13?,15-/m1/s1. The van der Waals surface area contributed by atoms with Crippen molar-refractivity contribution < 1.29 is 9.90 Å². The fourth-order valence-corrected chi connectivity index (χ4v) is 3.55. The normalized spacial score (nSPS) is 36.9. The Bertz CT molecular complexity index is 380. The van der Waals surface area contributed by atoms with Gasteiger partial charge in [-0.05, 0) is 56.3 Å². The maximum Gasteiger partial charge on any atom is 0.331 e. The third-order valence-electron chi connectivity index (χ3n) is 4.82. The highest BCUT2D eigenvalue weighted by molar-refractivity contribution is 5.87. The summed E-state index contributed by atoms with van der Waals surface area (Å²) in [5.41, 5.74) is 2.07. The molecule has 17 heavy (non-hydrogen) atoms. The van der Waals surface area contributed by atoms with E-state index in [1.165, 1.54) is 12.0 Å². The Morgan fingerprint density at radius 2 is 2.24 bits per heavy atom. The highest BCUT2D eigenvalue weighted by atomic mass is 16.4. The van der Waals surface area contributed by atoms with Gasteiger partial charge in [-0.25, -0.2) is 4.79 Å². The van der Waals surface area contributed by atoms with Gasteiger partial charge in [0, 0.05) is 5.57 Å². The van der Waals surface area contributed by atoms with Crippen LogP contribution in [0, 0.1) is 17.3 Å². The number of hydrogen-bond acceptors (Lipinski definition) is 1. The van der Waals surface area contributed by atoms with Gasteiger partial charge in [-0.2, -0.15) is 0 Å². The summed E-state index contributed by atoms with van der Waals surface area (Å²) in [6, 6.07) is 0. The Morgan fingerprint density at radius 1 is 1.53 bits per heavy atom. The van der Waals surface area contributed by atoms with Crippen molar-refractivity contribution in [3.05, 3.63) is 23.8 Å². The zero-order valence-corrected chi connectivity index (χ0v) is 10.8. The Labute approximate surface area is 103 Å². The average molecular weight is 234 g/mol. The van der Waals surface area contributed by atoms with E-state index in [0.717, 1.165) is 25.7 Å². The van der Waals surface area contributed by atoms with Crippen LogP contribution in [-0.4, -0.2) is 11.1 Å². The molecule has 0 aromatic heterocycles. The van der Waals surface area contributed by atoms with Crippen LogP contribution in [0.3, 0.4) is 0 Å². The molecule has 0 aromatic rings. The largest absolute Gasteiger partial charge is 0.478 e. The van der Waals surface area contributed by atoms with Gasteiger partial charge in [0.2, 0.25) is 0 Å². The average Bonchev–Trinajstić information content (AvgIpc) is 2.26. The molecule has 2 aliphatic carbocycles. The second-order valence-corrected chi connectivity index (χ2v) is 6.03. The SMILES string of the molecule is C=C(C)[C@@H]1CC[C@@]2(C)CCC=C(C(=O)O)C2C1. The van der Waals surface area contributed by atoms with E-state index in [2.05, 4.69) is 20.4 Å². The molecule has 2 nitrogen and oxygen atoms in total. The monoisotopic (exact) mass is 234 g/mol. The van der Waals surface area contributed by atoms with Crippen LogP contribution in [-0.2, 0) is 4.79 Å². The number of allylic oxidation sites excluding steroid dienone is 2. The van der Waals surface area contributed by atoms with Gasteiger partial charge in [-0.1, -0.05) is 25.2 Å². The molecule has 2 heteroatoms. The van der Waals surface area contributed by atoms with Crippen molar-refractivity contribution >= 4 is 5.97 Å². The lowest BCUT2D eigenvalue weighted by atomic mass is 9.57. The molecule has 0 aliphatic heterocycles. The maximum absolute atomic E-state index is 11.3. The summed E-state index contributed by atoms with van der Waals surface area (Å²) in [6.07, 6.45) is 7.29. The maximum atomic E-state index is 11.3. The Morgan fingerprint density at radius 3 is 2.82 bits per heavy atom. The van der Waals surface area contributed by atoms with Gasteiger partial charge >= 0.3 is 5.97 Å². The quantitative estimate of drug-likeness (QED) is 0.738. The lowest BCUT2D eigenvalue weighted by molar-refractivity contribution is -0.134. The molecular weight excluding hydrogens is 212 g/mol. The molecule has 1 saturated carbocycles. The van der Waals surface area contributed by atoms with Crippen LogP contribution in [0.5, 0.6) is 0 Å². The minimum absolute atomic E-state index is 0.203. The van der Waals surface area contributed by atoms with Crippen molar-refractivity contribution in [2.24, 2.45) is 17.3 Å². The van der Waals surface area contributed by atoms with Gasteiger partial charge in [0.1, 0.15) is 0 Å². The van der Waals surface area contributed by atoms with E-state index < -0.39 is 5.97 Å². The fraction of sp³-hybridized carbons (Fsp3) is 0.667. The molecule has 2 aliphatic rings. The van der Waals surface area contributed by atoms with Crippen LogP contribution in [0.1, 0.15) is 46.0 Å². The van der Waals surface area contributed by atoms with Gasteiger partial charge in [0.15, 0.2) is 0 Å². The summed E-state index contributed by atoms with van der Waals surface area (Å²) in [6.45, 7) is 8.38. The van der Waals surface area contributed by atoms with Crippen molar-refractivity contribution in [2.75, 3.05) is 0 Å². The van der Waals surface area contributed by atoms with Crippen molar-refractivity contribution in [1.82, 2.24) is 0 Å². The summed E-state index contributed by atoms with van der Waals surface area (Å²) in [5.74, 6) is 0.0152. The molecule has 0 bridgehead atoms. The predicted octanol–water partition coefficient (Wildman–Crippen LogP) is 3.79. The second kappa shape index (κ2) is 4.32. The summed E-state index contributed by atoms with van der Waals surface area (Å²) in [4.78, 5) is 11.3. The minimum Gasteiger partial charge on any atom is -0.478 e. The molecule has 1 N–H and O–H groups in total. The van der Waals surface area contributed by atoms with Crippen molar-refractivity contribution in [3.63, 3.8) is 0 Å². The topological polar surface area (TPSA) is 37.3 Å². The van der Waals surface area contributed by atoms with Crippen LogP contribution in [0.2, 0.25) is 0 Å². The molecular formula is C15H22O2. The predicted molar refractivity (Wildman–Crippen MR) is 68.7 cm³/mol. The molecule has 1 unspecified atom stereocenters.